The maximum absolute atomic E-state index is 13.3. The molecular formula is C35H45F3N4O2S. The Labute approximate surface area is 270 Å². The van der Waals surface area contributed by atoms with Crippen LogP contribution in [0.15, 0.2) is 67.4 Å². The highest BCUT2D eigenvalue weighted by atomic mass is 32.1. The number of rotatable bonds is 6. The quantitative estimate of drug-likeness (QED) is 0.158. The Morgan fingerprint density at radius 1 is 1.04 bits per heavy atom. The number of aromatic nitrogens is 2. The van der Waals surface area contributed by atoms with Gasteiger partial charge in [-0.15, -0.1) is 0 Å². The first-order chi connectivity index (χ1) is 21.5. The molecule has 45 heavy (non-hydrogen) atoms. The number of carboxylic acids is 1. The van der Waals surface area contributed by atoms with Crippen LogP contribution in [0, 0.1) is 24.5 Å². The molecule has 2 atom stereocenters. The molecule has 1 heterocycles. The summed E-state index contributed by atoms with van der Waals surface area (Å²) in [6.07, 6.45) is 5.14. The molecule has 1 aliphatic carbocycles. The fourth-order valence-electron chi connectivity index (χ4n) is 5.41. The number of benzene rings is 3. The van der Waals surface area contributed by atoms with Gasteiger partial charge in [0.15, 0.2) is 0 Å². The predicted molar refractivity (Wildman–Crippen MR) is 183 cm³/mol. The molecule has 0 bridgehead atoms. The molecule has 0 amide bonds. The van der Waals surface area contributed by atoms with Crippen molar-refractivity contribution in [3.8, 4) is 11.1 Å². The number of aliphatic carboxylic acids is 1. The maximum atomic E-state index is 13.3. The summed E-state index contributed by atoms with van der Waals surface area (Å²) in [7, 11) is 4.27. The number of hydrogen-bond acceptors (Lipinski definition) is 5. The van der Waals surface area contributed by atoms with Crippen LogP contribution in [0.1, 0.15) is 68.3 Å². The summed E-state index contributed by atoms with van der Waals surface area (Å²) in [5.41, 5.74) is 6.07. The Morgan fingerprint density at radius 3 is 2.13 bits per heavy atom. The van der Waals surface area contributed by atoms with Crippen molar-refractivity contribution < 1.29 is 23.1 Å². The first-order valence-electron chi connectivity index (χ1n) is 14.8. The first kappa shape index (κ1) is 37.4. The lowest BCUT2D eigenvalue weighted by atomic mass is 9.75. The number of aryl methyl sites for hydroxylation is 2. The molecule has 0 spiro atoms. The van der Waals surface area contributed by atoms with Crippen LogP contribution >= 0.6 is 12.8 Å². The number of imidazole rings is 1. The molecular weight excluding hydrogens is 597 g/mol. The largest absolute Gasteiger partial charge is 0.481 e. The van der Waals surface area contributed by atoms with E-state index in [2.05, 4.69) is 81.4 Å². The van der Waals surface area contributed by atoms with Gasteiger partial charge in [-0.05, 0) is 91.4 Å². The Kier molecular flexibility index (Phi) is 15.2. The summed E-state index contributed by atoms with van der Waals surface area (Å²) in [6.45, 7) is 9.13. The smallest absolute Gasteiger partial charge is 0.307 e. The number of nitrogens with one attached hydrogen (secondary N) is 2. The van der Waals surface area contributed by atoms with Crippen molar-refractivity contribution in [3.05, 3.63) is 96.0 Å². The minimum absolute atomic E-state index is 0.108. The van der Waals surface area contributed by atoms with Crippen molar-refractivity contribution in [2.75, 3.05) is 19.5 Å². The third kappa shape index (κ3) is 9.86. The van der Waals surface area contributed by atoms with Crippen LogP contribution in [0.25, 0.3) is 22.2 Å². The monoisotopic (exact) mass is 642 g/mol. The molecule has 1 aromatic heterocycles. The number of alkyl halides is 1. The van der Waals surface area contributed by atoms with Crippen molar-refractivity contribution in [2.24, 2.45) is 13.0 Å². The Balaban J connectivity index is 0.000000314. The van der Waals surface area contributed by atoms with Gasteiger partial charge in [0.1, 0.15) is 23.1 Å². The SMILES string of the molecule is C=CNc1c(F)cc(C(C)C)cc1F.CF.CNS.Cc1nc2cc(-c3ccc([C@@H]4CCCCC4C(=O)O)cc3)ccc2n1C. The molecule has 0 radical (unpaired) electrons. The van der Waals surface area contributed by atoms with Crippen molar-refractivity contribution >= 4 is 35.5 Å². The van der Waals surface area contributed by atoms with Crippen LogP contribution in [0.4, 0.5) is 18.9 Å². The lowest BCUT2D eigenvalue weighted by molar-refractivity contribution is -0.143. The summed E-state index contributed by atoms with van der Waals surface area (Å²) in [5.74, 6) is -0.836. The summed E-state index contributed by atoms with van der Waals surface area (Å²) in [4.78, 5) is 16.2. The van der Waals surface area contributed by atoms with Crippen molar-refractivity contribution in [2.45, 2.75) is 58.3 Å². The van der Waals surface area contributed by atoms with E-state index < -0.39 is 17.6 Å². The minimum Gasteiger partial charge on any atom is -0.481 e. The van der Waals surface area contributed by atoms with E-state index in [4.69, 9.17) is 0 Å². The summed E-state index contributed by atoms with van der Waals surface area (Å²) in [6, 6.07) is 17.5. The number of hydrogen-bond donors (Lipinski definition) is 4. The van der Waals surface area contributed by atoms with Crippen molar-refractivity contribution in [1.82, 2.24) is 14.3 Å². The second-order valence-electron chi connectivity index (χ2n) is 11.0. The fraction of sp³-hybridized carbons (Fsp3) is 0.371. The van der Waals surface area contributed by atoms with Crippen molar-refractivity contribution in [3.63, 3.8) is 0 Å². The van der Waals surface area contributed by atoms with Gasteiger partial charge in [0.25, 0.3) is 0 Å². The van der Waals surface area contributed by atoms with E-state index in [1.807, 2.05) is 27.8 Å². The van der Waals surface area contributed by atoms with Gasteiger partial charge in [-0.2, -0.15) is 0 Å². The molecule has 3 N–H and O–H groups in total. The third-order valence-electron chi connectivity index (χ3n) is 7.84. The van der Waals surface area contributed by atoms with Crippen LogP contribution in [0.2, 0.25) is 0 Å². The molecule has 0 aliphatic heterocycles. The van der Waals surface area contributed by atoms with E-state index in [1.165, 1.54) is 18.3 Å². The molecule has 3 aromatic carbocycles. The molecule has 1 fully saturated rings. The third-order valence-corrected chi connectivity index (χ3v) is 7.84. The van der Waals surface area contributed by atoms with E-state index >= 15 is 0 Å². The molecule has 6 nitrogen and oxygen atoms in total. The molecule has 5 rings (SSSR count). The highest BCUT2D eigenvalue weighted by Crippen LogP contribution is 2.38. The number of halogens is 3. The maximum Gasteiger partial charge on any atom is 0.307 e. The van der Waals surface area contributed by atoms with E-state index in [9.17, 15) is 23.1 Å². The second kappa shape index (κ2) is 18.3. The van der Waals surface area contributed by atoms with Gasteiger partial charge in [-0.1, -0.05) is 76.4 Å². The topological polar surface area (TPSA) is 79.2 Å². The zero-order valence-electron chi connectivity index (χ0n) is 26.9. The standard InChI is InChI=1S/C22H24N2O2.C11H13F2N.CH3F.CH5NS/c1-14-23-20-13-17(11-12-21(20)24(14)2)15-7-9-16(10-8-15)18-5-3-4-6-19(18)22(25)26;1-4-14-11-9(12)5-8(7(2)3)6-10(11)13;1-2;1-2-3/h7-13,18-19H,3-6H2,1-2H3,(H,25,26);4-7,14H,1H2,2-3H3;1H3;2-3H,1H3/t18-,19?;;;/m0.../s1. The number of nitrogens with zero attached hydrogens (tertiary/aromatic N) is 2. The van der Waals surface area contributed by atoms with E-state index in [0.29, 0.717) is 12.7 Å². The average molecular weight is 643 g/mol. The summed E-state index contributed by atoms with van der Waals surface area (Å²) in [5, 5.41) is 11.9. The highest BCUT2D eigenvalue weighted by molar-refractivity contribution is 7.78. The number of carbonyl (C=O) groups is 1. The zero-order chi connectivity index (χ0) is 33.7. The van der Waals surface area contributed by atoms with Crippen LogP contribution in [-0.2, 0) is 11.8 Å². The number of fused-ring (bicyclic) bond motifs is 1. The number of thiol groups is 1. The number of anilines is 1. The normalized spacial score (nSPS) is 15.5. The number of carboxylic acid groups (broad SMARTS) is 1. The predicted octanol–water partition coefficient (Wildman–Crippen LogP) is 9.19. The van der Waals surface area contributed by atoms with Crippen LogP contribution in [-0.4, -0.2) is 34.9 Å². The first-order valence-corrected chi connectivity index (χ1v) is 15.3. The second-order valence-corrected chi connectivity index (χ2v) is 11.4. The van der Waals surface area contributed by atoms with Crippen LogP contribution < -0.4 is 10.0 Å². The molecule has 10 heteroatoms. The fourth-order valence-corrected chi connectivity index (χ4v) is 5.41. The molecule has 1 unspecified atom stereocenters. The summed E-state index contributed by atoms with van der Waals surface area (Å²) >= 11 is 3.54. The lowest BCUT2D eigenvalue weighted by Crippen LogP contribution is -2.25. The van der Waals surface area contributed by atoms with Crippen molar-refractivity contribution in [1.29, 1.82) is 0 Å². The van der Waals surface area contributed by atoms with E-state index in [0.717, 1.165) is 59.2 Å². The van der Waals surface area contributed by atoms with E-state index in [1.54, 1.807) is 7.05 Å². The van der Waals surface area contributed by atoms with Gasteiger partial charge >= 0.3 is 5.97 Å². The highest BCUT2D eigenvalue weighted by Gasteiger charge is 2.31. The van der Waals surface area contributed by atoms with Gasteiger partial charge in [-0.3, -0.25) is 13.9 Å². The summed E-state index contributed by atoms with van der Waals surface area (Å²) < 4.78 is 40.7. The molecule has 1 saturated carbocycles. The zero-order valence-corrected chi connectivity index (χ0v) is 27.8. The molecule has 1 aliphatic rings. The molecule has 244 valence electrons. The Bertz CT molecular complexity index is 1520. The van der Waals surface area contributed by atoms with Gasteiger partial charge < -0.3 is 15.0 Å². The molecule has 0 saturated heterocycles. The van der Waals surface area contributed by atoms with Gasteiger partial charge in [-0.25, -0.2) is 13.8 Å². The van der Waals surface area contributed by atoms with Gasteiger partial charge in [0.2, 0.25) is 0 Å². The van der Waals surface area contributed by atoms with Crippen LogP contribution in [0.3, 0.4) is 0 Å². The minimum atomic E-state index is -0.658. The van der Waals surface area contributed by atoms with Gasteiger partial charge in [0.05, 0.1) is 24.1 Å². The van der Waals surface area contributed by atoms with Gasteiger partial charge in [0, 0.05) is 7.05 Å². The lowest BCUT2D eigenvalue weighted by Gasteiger charge is -2.29. The molecule has 4 aromatic rings. The Morgan fingerprint density at radius 2 is 1.60 bits per heavy atom. The average Bonchev–Trinajstić information content (AvgIpc) is 3.32. The van der Waals surface area contributed by atoms with E-state index in [-0.39, 0.29) is 23.4 Å². The van der Waals surface area contributed by atoms with Crippen LogP contribution in [0.5, 0.6) is 0 Å². The Hall–Kier alpha value is -3.76.